The number of methoxy groups -OCH3 is 1. The maximum atomic E-state index is 11.9. The van der Waals surface area contributed by atoms with E-state index in [-0.39, 0.29) is 17.8 Å². The number of amides is 1. The summed E-state index contributed by atoms with van der Waals surface area (Å²) < 4.78 is 4.73. The summed E-state index contributed by atoms with van der Waals surface area (Å²) in [4.78, 5) is 25.1. The van der Waals surface area contributed by atoms with E-state index in [9.17, 15) is 9.59 Å². The highest BCUT2D eigenvalue weighted by molar-refractivity contribution is 5.77. The van der Waals surface area contributed by atoms with E-state index in [0.29, 0.717) is 25.6 Å². The number of esters is 1. The lowest BCUT2D eigenvalue weighted by atomic mass is 9.97. The molecule has 1 heterocycles. The molecule has 2 aliphatic rings. The quantitative estimate of drug-likeness (QED) is 0.728. The van der Waals surface area contributed by atoms with Crippen molar-refractivity contribution in [2.75, 3.05) is 26.7 Å². The molecule has 0 radical (unpaired) electrons. The average molecular weight is 254 g/mol. The molecule has 5 nitrogen and oxygen atoms in total. The maximum Gasteiger partial charge on any atom is 0.308 e. The van der Waals surface area contributed by atoms with Crippen molar-refractivity contribution in [1.82, 2.24) is 10.2 Å². The molecule has 1 N–H and O–H groups in total. The molecule has 1 amide bonds. The molecular weight excluding hydrogens is 232 g/mol. The molecule has 1 aliphatic carbocycles. The summed E-state index contributed by atoms with van der Waals surface area (Å²) in [6.45, 7) is 2.14. The van der Waals surface area contributed by atoms with Gasteiger partial charge in [-0.05, 0) is 25.7 Å². The zero-order valence-electron chi connectivity index (χ0n) is 11.0. The summed E-state index contributed by atoms with van der Waals surface area (Å²) in [6, 6.07) is 0.655. The number of nitrogens with zero attached hydrogens (tertiary/aromatic N) is 1. The first-order chi connectivity index (χ1) is 8.70. The van der Waals surface area contributed by atoms with Crippen LogP contribution in [0.4, 0.5) is 0 Å². The van der Waals surface area contributed by atoms with Gasteiger partial charge in [0.05, 0.1) is 13.0 Å². The lowest BCUT2D eigenvalue weighted by Gasteiger charge is -2.30. The summed E-state index contributed by atoms with van der Waals surface area (Å²) in [6.07, 6.45) is 4.53. The second-order valence-electron chi connectivity index (χ2n) is 5.16. The van der Waals surface area contributed by atoms with Crippen molar-refractivity contribution in [1.29, 1.82) is 0 Å². The van der Waals surface area contributed by atoms with Gasteiger partial charge in [-0.2, -0.15) is 0 Å². The fourth-order valence-corrected chi connectivity index (χ4v) is 2.36. The summed E-state index contributed by atoms with van der Waals surface area (Å²) in [5.41, 5.74) is 0. The van der Waals surface area contributed by atoms with Crippen molar-refractivity contribution in [3.05, 3.63) is 0 Å². The third-order valence-electron chi connectivity index (χ3n) is 3.73. The molecule has 1 saturated carbocycles. The Morgan fingerprint density at radius 3 is 2.44 bits per heavy atom. The highest BCUT2D eigenvalue weighted by atomic mass is 16.5. The zero-order valence-corrected chi connectivity index (χ0v) is 11.0. The normalized spacial score (nSPS) is 20.8. The van der Waals surface area contributed by atoms with Crippen LogP contribution in [-0.4, -0.2) is 49.6 Å². The minimum absolute atomic E-state index is 0.0244. The number of hydrogen-bond donors (Lipinski definition) is 1. The molecule has 0 atom stereocenters. The molecule has 0 aromatic rings. The van der Waals surface area contributed by atoms with E-state index in [2.05, 4.69) is 5.32 Å². The number of hydrogen-bond acceptors (Lipinski definition) is 4. The summed E-state index contributed by atoms with van der Waals surface area (Å²) in [5.74, 6) is 0.0348. The second kappa shape index (κ2) is 6.18. The van der Waals surface area contributed by atoms with E-state index in [0.717, 1.165) is 19.4 Å². The van der Waals surface area contributed by atoms with E-state index in [1.165, 1.54) is 20.0 Å². The van der Waals surface area contributed by atoms with Gasteiger partial charge in [-0.25, -0.2) is 0 Å². The van der Waals surface area contributed by atoms with Gasteiger partial charge in [-0.3, -0.25) is 9.59 Å². The third-order valence-corrected chi connectivity index (χ3v) is 3.73. The first-order valence-electron chi connectivity index (χ1n) is 6.79. The first-order valence-corrected chi connectivity index (χ1v) is 6.79. The zero-order chi connectivity index (χ0) is 13.0. The largest absolute Gasteiger partial charge is 0.469 e. The number of nitrogens with one attached hydrogen (secondary N) is 1. The van der Waals surface area contributed by atoms with Crippen molar-refractivity contribution >= 4 is 11.9 Å². The Morgan fingerprint density at radius 2 is 1.89 bits per heavy atom. The second-order valence-corrected chi connectivity index (χ2v) is 5.16. The Morgan fingerprint density at radius 1 is 1.22 bits per heavy atom. The topological polar surface area (TPSA) is 58.6 Å². The number of carbonyl (C=O) groups excluding carboxylic acids is 2. The first kappa shape index (κ1) is 13.3. The fourth-order valence-electron chi connectivity index (χ4n) is 2.36. The SMILES string of the molecule is COC(=O)C1CCN(C(=O)CCNC2CC2)CC1. The molecule has 1 aliphatic heterocycles. The van der Waals surface area contributed by atoms with Gasteiger partial charge in [-0.1, -0.05) is 0 Å². The van der Waals surface area contributed by atoms with Crippen LogP contribution in [-0.2, 0) is 14.3 Å². The lowest BCUT2D eigenvalue weighted by Crippen LogP contribution is -2.41. The van der Waals surface area contributed by atoms with Gasteiger partial charge < -0.3 is 15.0 Å². The van der Waals surface area contributed by atoms with Crippen LogP contribution in [0.5, 0.6) is 0 Å². The summed E-state index contributed by atoms with van der Waals surface area (Å²) >= 11 is 0. The van der Waals surface area contributed by atoms with Crippen LogP contribution in [0, 0.1) is 5.92 Å². The maximum absolute atomic E-state index is 11.9. The molecule has 0 aromatic heterocycles. The van der Waals surface area contributed by atoms with E-state index in [1.807, 2.05) is 4.90 Å². The molecule has 1 saturated heterocycles. The standard InChI is InChI=1S/C13H22N2O3/c1-18-13(17)10-5-8-15(9-6-10)12(16)4-7-14-11-2-3-11/h10-11,14H,2-9H2,1H3. The monoisotopic (exact) mass is 254 g/mol. The van der Waals surface area contributed by atoms with Crippen molar-refractivity contribution in [2.24, 2.45) is 5.92 Å². The van der Waals surface area contributed by atoms with E-state index < -0.39 is 0 Å². The van der Waals surface area contributed by atoms with Crippen LogP contribution >= 0.6 is 0 Å². The molecule has 0 aromatic carbocycles. The lowest BCUT2D eigenvalue weighted by molar-refractivity contribution is -0.148. The Bertz CT molecular complexity index is 307. The highest BCUT2D eigenvalue weighted by Crippen LogP contribution is 2.20. The molecule has 5 heteroatoms. The van der Waals surface area contributed by atoms with Crippen molar-refractivity contribution in [3.8, 4) is 0 Å². The molecule has 0 bridgehead atoms. The minimum Gasteiger partial charge on any atom is -0.469 e. The molecule has 18 heavy (non-hydrogen) atoms. The third kappa shape index (κ3) is 3.70. The molecule has 2 rings (SSSR count). The molecule has 0 spiro atoms. The summed E-state index contributed by atoms with van der Waals surface area (Å²) in [7, 11) is 1.42. The van der Waals surface area contributed by atoms with Crippen LogP contribution in [0.25, 0.3) is 0 Å². The number of ether oxygens (including phenoxy) is 1. The van der Waals surface area contributed by atoms with Crippen molar-refractivity contribution in [3.63, 3.8) is 0 Å². The Hall–Kier alpha value is -1.10. The number of piperidine rings is 1. The fraction of sp³-hybridized carbons (Fsp3) is 0.846. The minimum atomic E-state index is -0.141. The molecular formula is C13H22N2O3. The highest BCUT2D eigenvalue weighted by Gasteiger charge is 2.28. The predicted molar refractivity (Wildman–Crippen MR) is 67.0 cm³/mol. The van der Waals surface area contributed by atoms with Gasteiger partial charge in [0, 0.05) is 32.1 Å². The Balaban J connectivity index is 1.64. The molecule has 102 valence electrons. The van der Waals surface area contributed by atoms with Crippen LogP contribution < -0.4 is 5.32 Å². The Kier molecular flexibility index (Phi) is 4.58. The van der Waals surface area contributed by atoms with Gasteiger partial charge in [0.2, 0.25) is 5.91 Å². The van der Waals surface area contributed by atoms with Crippen LogP contribution in [0.15, 0.2) is 0 Å². The van der Waals surface area contributed by atoms with Gasteiger partial charge in [0.15, 0.2) is 0 Å². The van der Waals surface area contributed by atoms with Gasteiger partial charge >= 0.3 is 5.97 Å². The number of likely N-dealkylation sites (tertiary alicyclic amines) is 1. The van der Waals surface area contributed by atoms with E-state index in [4.69, 9.17) is 4.74 Å². The van der Waals surface area contributed by atoms with E-state index in [1.54, 1.807) is 0 Å². The van der Waals surface area contributed by atoms with Gasteiger partial charge in [0.25, 0.3) is 0 Å². The Labute approximate surface area is 108 Å². The molecule has 2 fully saturated rings. The number of carbonyl (C=O) groups is 2. The van der Waals surface area contributed by atoms with Crippen LogP contribution in [0.2, 0.25) is 0 Å². The van der Waals surface area contributed by atoms with E-state index >= 15 is 0 Å². The average Bonchev–Trinajstić information content (AvgIpc) is 3.22. The van der Waals surface area contributed by atoms with Gasteiger partial charge in [-0.15, -0.1) is 0 Å². The predicted octanol–water partition coefficient (Wildman–Crippen LogP) is 0.540. The number of rotatable bonds is 5. The van der Waals surface area contributed by atoms with Gasteiger partial charge in [0.1, 0.15) is 0 Å². The van der Waals surface area contributed by atoms with Crippen molar-refractivity contribution in [2.45, 2.75) is 38.1 Å². The van der Waals surface area contributed by atoms with Crippen LogP contribution in [0.1, 0.15) is 32.1 Å². The smallest absolute Gasteiger partial charge is 0.308 e. The molecule has 0 unspecified atom stereocenters. The van der Waals surface area contributed by atoms with Crippen LogP contribution in [0.3, 0.4) is 0 Å². The summed E-state index contributed by atoms with van der Waals surface area (Å²) in [5, 5.41) is 3.34. The van der Waals surface area contributed by atoms with Crippen molar-refractivity contribution < 1.29 is 14.3 Å².